The molecule has 0 saturated carbocycles. The molecule has 13 heteroatoms. The first kappa shape index (κ1) is 22.5. The summed E-state index contributed by atoms with van der Waals surface area (Å²) in [6, 6.07) is 4.98. The summed E-state index contributed by atoms with van der Waals surface area (Å²) in [5, 5.41) is 17.4. The molecule has 4 rings (SSSR count). The molecule has 2 N–H and O–H groups in total. The van der Waals surface area contributed by atoms with E-state index in [4.69, 9.17) is 21.1 Å². The topological polar surface area (TPSA) is 136 Å². The summed E-state index contributed by atoms with van der Waals surface area (Å²) in [5.74, 6) is 0.385. The molecule has 3 aromatic heterocycles. The minimum Gasteiger partial charge on any atom is -0.485 e. The summed E-state index contributed by atoms with van der Waals surface area (Å²) >= 11 is 5.92. The van der Waals surface area contributed by atoms with Crippen molar-refractivity contribution in [1.82, 2.24) is 35.0 Å². The van der Waals surface area contributed by atoms with Crippen LogP contribution in [0.3, 0.4) is 0 Å². The Morgan fingerprint density at radius 2 is 1.97 bits per heavy atom. The summed E-state index contributed by atoms with van der Waals surface area (Å²) in [6.07, 6.45) is 1.18. The van der Waals surface area contributed by atoms with Gasteiger partial charge in [0.2, 0.25) is 5.95 Å². The molecule has 0 bridgehead atoms. The molecule has 1 fully saturated rings. The van der Waals surface area contributed by atoms with E-state index in [0.717, 1.165) is 0 Å². The molecule has 0 aromatic carbocycles. The van der Waals surface area contributed by atoms with Crippen LogP contribution in [0.2, 0.25) is 5.15 Å². The molecule has 2 amide bonds. The number of hydrogen-bond acceptors (Lipinski definition) is 9. The minimum atomic E-state index is -0.536. The number of carbonyl (C=O) groups is 2. The lowest BCUT2D eigenvalue weighted by Crippen LogP contribution is -2.57. The van der Waals surface area contributed by atoms with Gasteiger partial charge in [0.05, 0.1) is 25.0 Å². The van der Waals surface area contributed by atoms with Crippen molar-refractivity contribution in [2.75, 3.05) is 25.5 Å². The van der Waals surface area contributed by atoms with E-state index < -0.39 is 11.5 Å². The first-order valence-electron chi connectivity index (χ1n) is 10.1. The van der Waals surface area contributed by atoms with Crippen molar-refractivity contribution >= 4 is 40.9 Å². The first-order chi connectivity index (χ1) is 15.6. The first-order valence-corrected chi connectivity index (χ1v) is 10.5. The predicted molar refractivity (Wildman–Crippen MR) is 119 cm³/mol. The van der Waals surface area contributed by atoms with Crippen molar-refractivity contribution in [3.63, 3.8) is 0 Å². The number of carbonyl (C=O) groups excluding carboxylic acids is 2. The van der Waals surface area contributed by atoms with E-state index in [0.29, 0.717) is 30.2 Å². The number of amides is 2. The number of halogens is 1. The minimum absolute atomic E-state index is 0.0595. The van der Waals surface area contributed by atoms with Gasteiger partial charge in [-0.1, -0.05) is 11.6 Å². The smallest absolute Gasteiger partial charge is 0.410 e. The molecule has 1 aliphatic rings. The molecule has 1 aliphatic heterocycles. The molecule has 4 heterocycles. The Hall–Kier alpha value is -3.67. The Balaban J connectivity index is 1.42. The molecule has 0 spiro atoms. The normalized spacial score (nSPS) is 14.0. The number of ether oxygens (including phenoxy) is 2. The maximum Gasteiger partial charge on any atom is 0.410 e. The summed E-state index contributed by atoms with van der Waals surface area (Å²) in [6.45, 7) is 6.36. The van der Waals surface area contributed by atoms with E-state index in [1.165, 1.54) is 17.6 Å². The molecule has 174 valence electrons. The fraction of sp³-hybridized carbons (Fsp3) is 0.400. The average molecular weight is 475 g/mol. The van der Waals surface area contributed by atoms with Crippen molar-refractivity contribution in [3.05, 3.63) is 35.2 Å². The lowest BCUT2D eigenvalue weighted by molar-refractivity contribution is -0.0222. The highest BCUT2D eigenvalue weighted by Crippen LogP contribution is 2.23. The van der Waals surface area contributed by atoms with Crippen LogP contribution in [-0.4, -0.2) is 73.5 Å². The largest absolute Gasteiger partial charge is 0.485 e. The standard InChI is InChI=1S/C20H23ClN8O4/c1-20(2,3)33-19(31)28-8-12(9-28)32-11-5-6-15-24-18(27-29(15)10-11)23-13-7-14(21)25-26-16(13)17(30)22-4/h5-7,10,12H,8-9H2,1-4H3,(H,22,30)(H,23,25,27). The number of aromatic nitrogens is 5. The van der Waals surface area contributed by atoms with Gasteiger partial charge < -0.3 is 25.0 Å². The van der Waals surface area contributed by atoms with Gasteiger partial charge in [0.25, 0.3) is 5.91 Å². The second-order valence-corrected chi connectivity index (χ2v) is 8.75. The van der Waals surface area contributed by atoms with Crippen LogP contribution in [-0.2, 0) is 4.74 Å². The van der Waals surface area contributed by atoms with Gasteiger partial charge in [0, 0.05) is 13.1 Å². The van der Waals surface area contributed by atoms with E-state index in [9.17, 15) is 9.59 Å². The highest BCUT2D eigenvalue weighted by molar-refractivity contribution is 6.29. The Morgan fingerprint density at radius 3 is 2.67 bits per heavy atom. The van der Waals surface area contributed by atoms with E-state index in [-0.39, 0.29) is 29.0 Å². The molecular formula is C20H23ClN8O4. The third kappa shape index (κ3) is 5.22. The lowest BCUT2D eigenvalue weighted by atomic mass is 10.1. The third-order valence-corrected chi connectivity index (χ3v) is 4.74. The van der Waals surface area contributed by atoms with Gasteiger partial charge in [-0.25, -0.2) is 9.31 Å². The fourth-order valence-electron chi connectivity index (χ4n) is 3.04. The summed E-state index contributed by atoms with van der Waals surface area (Å²) in [7, 11) is 1.49. The SMILES string of the molecule is CNC(=O)c1nnc(Cl)cc1Nc1nc2ccc(OC3CN(C(=O)OC(C)(C)C)C3)cn2n1. The number of likely N-dealkylation sites (tertiary alicyclic amines) is 1. The Kier molecular flexibility index (Phi) is 5.93. The Labute approximate surface area is 194 Å². The number of pyridine rings is 1. The van der Waals surface area contributed by atoms with Gasteiger partial charge in [-0.3, -0.25) is 4.79 Å². The third-order valence-electron chi connectivity index (χ3n) is 4.56. The molecule has 3 aromatic rings. The van der Waals surface area contributed by atoms with Crippen LogP contribution in [0, 0.1) is 0 Å². The summed E-state index contributed by atoms with van der Waals surface area (Å²) in [4.78, 5) is 30.0. The van der Waals surface area contributed by atoms with Gasteiger partial charge in [0.15, 0.2) is 16.5 Å². The maximum absolute atomic E-state index is 12.1. The number of hydrogen-bond donors (Lipinski definition) is 2. The average Bonchev–Trinajstić information content (AvgIpc) is 3.10. The van der Waals surface area contributed by atoms with Crippen LogP contribution in [0.5, 0.6) is 5.75 Å². The van der Waals surface area contributed by atoms with Crippen molar-refractivity contribution < 1.29 is 19.1 Å². The maximum atomic E-state index is 12.1. The zero-order chi connectivity index (χ0) is 23.8. The monoisotopic (exact) mass is 474 g/mol. The van der Waals surface area contributed by atoms with Gasteiger partial charge in [-0.05, 0) is 32.9 Å². The van der Waals surface area contributed by atoms with E-state index >= 15 is 0 Å². The van der Waals surface area contributed by atoms with Crippen molar-refractivity contribution in [2.24, 2.45) is 0 Å². The zero-order valence-corrected chi connectivity index (χ0v) is 19.3. The lowest BCUT2D eigenvalue weighted by Gasteiger charge is -2.39. The van der Waals surface area contributed by atoms with Gasteiger partial charge in [-0.15, -0.1) is 15.3 Å². The highest BCUT2D eigenvalue weighted by atomic mass is 35.5. The van der Waals surface area contributed by atoms with Crippen molar-refractivity contribution in [1.29, 1.82) is 0 Å². The fourth-order valence-corrected chi connectivity index (χ4v) is 3.18. The number of anilines is 2. The molecule has 0 atom stereocenters. The second kappa shape index (κ2) is 8.70. The quantitative estimate of drug-likeness (QED) is 0.570. The molecule has 1 saturated heterocycles. The van der Waals surface area contributed by atoms with Crippen LogP contribution in [0.15, 0.2) is 24.4 Å². The van der Waals surface area contributed by atoms with E-state index in [1.54, 1.807) is 23.2 Å². The molecular weight excluding hydrogens is 452 g/mol. The molecule has 12 nitrogen and oxygen atoms in total. The van der Waals surface area contributed by atoms with Crippen LogP contribution in [0.25, 0.3) is 5.65 Å². The van der Waals surface area contributed by atoms with Crippen LogP contribution >= 0.6 is 11.6 Å². The van der Waals surface area contributed by atoms with Crippen LogP contribution in [0.4, 0.5) is 16.4 Å². The zero-order valence-electron chi connectivity index (χ0n) is 18.5. The summed E-state index contributed by atoms with van der Waals surface area (Å²) in [5.41, 5.74) is 0.400. The number of fused-ring (bicyclic) bond motifs is 1. The van der Waals surface area contributed by atoms with Crippen molar-refractivity contribution in [2.45, 2.75) is 32.5 Å². The van der Waals surface area contributed by atoms with Crippen molar-refractivity contribution in [3.8, 4) is 5.75 Å². The van der Waals surface area contributed by atoms with Crippen LogP contribution < -0.4 is 15.4 Å². The van der Waals surface area contributed by atoms with E-state index in [1.807, 2.05) is 20.8 Å². The Morgan fingerprint density at radius 1 is 1.21 bits per heavy atom. The molecule has 0 radical (unpaired) electrons. The summed E-state index contributed by atoms with van der Waals surface area (Å²) < 4.78 is 12.8. The Bertz CT molecular complexity index is 1200. The molecule has 0 unspecified atom stereocenters. The van der Waals surface area contributed by atoms with Gasteiger partial charge in [0.1, 0.15) is 17.5 Å². The van der Waals surface area contributed by atoms with Crippen LogP contribution in [0.1, 0.15) is 31.3 Å². The number of nitrogens with one attached hydrogen (secondary N) is 2. The molecule has 0 aliphatic carbocycles. The molecule has 33 heavy (non-hydrogen) atoms. The van der Waals surface area contributed by atoms with Gasteiger partial charge >= 0.3 is 6.09 Å². The van der Waals surface area contributed by atoms with Gasteiger partial charge in [-0.2, -0.15) is 4.98 Å². The predicted octanol–water partition coefficient (Wildman–Crippen LogP) is 2.27. The second-order valence-electron chi connectivity index (χ2n) is 8.36. The number of nitrogens with zero attached hydrogens (tertiary/aromatic N) is 6. The van der Waals surface area contributed by atoms with E-state index in [2.05, 4.69) is 30.9 Å². The highest BCUT2D eigenvalue weighted by Gasteiger charge is 2.35. The number of rotatable bonds is 5.